The molecular weight excluding hydrogens is 228 g/mol. The highest BCUT2D eigenvalue weighted by molar-refractivity contribution is 4.84. The Morgan fingerprint density at radius 1 is 1.39 bits per heavy atom. The van der Waals surface area contributed by atoms with E-state index in [1.165, 1.54) is 19.4 Å². The molecule has 0 aromatic heterocycles. The number of nitrogens with one attached hydrogen (secondary N) is 1. The van der Waals surface area contributed by atoms with Gasteiger partial charge in [-0.3, -0.25) is 0 Å². The summed E-state index contributed by atoms with van der Waals surface area (Å²) >= 11 is 0. The van der Waals surface area contributed by atoms with E-state index >= 15 is 0 Å². The third-order valence-electron chi connectivity index (χ3n) is 4.08. The fraction of sp³-hybridized carbons (Fsp3) is 1.00. The molecule has 2 aliphatic rings. The van der Waals surface area contributed by atoms with E-state index in [0.29, 0.717) is 18.1 Å². The molecule has 3 unspecified atom stereocenters. The van der Waals surface area contributed by atoms with Gasteiger partial charge < -0.3 is 19.7 Å². The Morgan fingerprint density at radius 3 is 3.06 bits per heavy atom. The Hall–Kier alpha value is -0.160. The van der Waals surface area contributed by atoms with Crippen LogP contribution in [0.15, 0.2) is 0 Å². The first-order valence-corrected chi connectivity index (χ1v) is 7.42. The van der Waals surface area contributed by atoms with Crippen molar-refractivity contribution in [2.75, 3.05) is 46.5 Å². The molecule has 4 heteroatoms. The quantitative estimate of drug-likeness (QED) is 0.772. The third kappa shape index (κ3) is 3.92. The minimum absolute atomic E-state index is 0.453. The maximum Gasteiger partial charge on any atom is 0.0702 e. The highest BCUT2D eigenvalue weighted by atomic mass is 16.5. The predicted molar refractivity (Wildman–Crippen MR) is 72.9 cm³/mol. The fourth-order valence-electron chi connectivity index (χ4n) is 3.03. The molecule has 0 amide bonds. The summed E-state index contributed by atoms with van der Waals surface area (Å²) in [6.45, 7) is 8.33. The predicted octanol–water partition coefficient (Wildman–Crippen LogP) is 1.11. The fourth-order valence-corrected chi connectivity index (χ4v) is 3.03. The molecule has 0 aromatic carbocycles. The van der Waals surface area contributed by atoms with Crippen LogP contribution in [-0.2, 0) is 9.47 Å². The van der Waals surface area contributed by atoms with Crippen LogP contribution >= 0.6 is 0 Å². The zero-order valence-electron chi connectivity index (χ0n) is 11.9. The van der Waals surface area contributed by atoms with E-state index in [2.05, 4.69) is 17.1 Å². The molecule has 2 saturated heterocycles. The molecule has 4 nitrogen and oxygen atoms in total. The van der Waals surface area contributed by atoms with Gasteiger partial charge in [-0.05, 0) is 32.9 Å². The van der Waals surface area contributed by atoms with Crippen molar-refractivity contribution in [2.24, 2.45) is 5.92 Å². The van der Waals surface area contributed by atoms with E-state index in [4.69, 9.17) is 9.47 Å². The van der Waals surface area contributed by atoms with Crippen molar-refractivity contribution >= 4 is 0 Å². The van der Waals surface area contributed by atoms with Crippen molar-refractivity contribution < 1.29 is 9.47 Å². The van der Waals surface area contributed by atoms with E-state index in [1.807, 2.05) is 7.05 Å². The summed E-state index contributed by atoms with van der Waals surface area (Å²) in [5.74, 6) is 0.639. The summed E-state index contributed by atoms with van der Waals surface area (Å²) in [5.41, 5.74) is 0. The number of hydrogen-bond acceptors (Lipinski definition) is 4. The first-order chi connectivity index (χ1) is 8.83. The normalized spacial score (nSPS) is 34.0. The number of piperidine rings is 1. The Kier molecular flexibility index (Phi) is 5.89. The van der Waals surface area contributed by atoms with E-state index in [1.54, 1.807) is 0 Å². The lowest BCUT2D eigenvalue weighted by Crippen LogP contribution is -2.45. The van der Waals surface area contributed by atoms with E-state index in [0.717, 1.165) is 39.3 Å². The van der Waals surface area contributed by atoms with Gasteiger partial charge in [-0.25, -0.2) is 0 Å². The summed E-state index contributed by atoms with van der Waals surface area (Å²) in [4.78, 5) is 2.56. The highest BCUT2D eigenvalue weighted by Gasteiger charge is 2.30. The van der Waals surface area contributed by atoms with Crippen LogP contribution < -0.4 is 5.32 Å². The molecule has 0 bridgehead atoms. The van der Waals surface area contributed by atoms with Gasteiger partial charge in [0.2, 0.25) is 0 Å². The smallest absolute Gasteiger partial charge is 0.0702 e. The van der Waals surface area contributed by atoms with E-state index < -0.39 is 0 Å². The van der Waals surface area contributed by atoms with Crippen molar-refractivity contribution in [2.45, 2.75) is 38.3 Å². The minimum Gasteiger partial charge on any atom is -0.379 e. The summed E-state index contributed by atoms with van der Waals surface area (Å²) in [5, 5.41) is 3.37. The van der Waals surface area contributed by atoms with Gasteiger partial charge in [0.15, 0.2) is 0 Å². The van der Waals surface area contributed by atoms with Gasteiger partial charge in [0, 0.05) is 31.7 Å². The molecular formula is C14H28N2O2. The van der Waals surface area contributed by atoms with Crippen LogP contribution in [0.2, 0.25) is 0 Å². The maximum absolute atomic E-state index is 5.89. The number of rotatable bonds is 6. The molecule has 18 heavy (non-hydrogen) atoms. The molecule has 2 fully saturated rings. The lowest BCUT2D eigenvalue weighted by atomic mass is 10.0. The Bertz CT molecular complexity index is 238. The van der Waals surface area contributed by atoms with E-state index in [9.17, 15) is 0 Å². The Balaban J connectivity index is 1.74. The van der Waals surface area contributed by atoms with Gasteiger partial charge in [0.1, 0.15) is 0 Å². The molecule has 3 atom stereocenters. The van der Waals surface area contributed by atoms with Crippen LogP contribution in [-0.4, -0.2) is 63.5 Å². The van der Waals surface area contributed by atoms with Gasteiger partial charge in [0.25, 0.3) is 0 Å². The highest BCUT2D eigenvalue weighted by Crippen LogP contribution is 2.19. The zero-order valence-corrected chi connectivity index (χ0v) is 11.9. The number of nitrogens with zero attached hydrogens (tertiary/aromatic N) is 1. The molecule has 0 radical (unpaired) electrons. The number of likely N-dealkylation sites (N-methyl/N-ethyl adjacent to an activating group) is 1. The SMILES string of the molecule is CCCOC1CCCN(CC2COCC2NC)C1. The molecule has 1 N–H and O–H groups in total. The average molecular weight is 256 g/mol. The van der Waals surface area contributed by atoms with Crippen LogP contribution in [0.1, 0.15) is 26.2 Å². The molecule has 2 heterocycles. The number of likely N-dealkylation sites (tertiary alicyclic amines) is 1. The van der Waals surface area contributed by atoms with Gasteiger partial charge >= 0.3 is 0 Å². The van der Waals surface area contributed by atoms with Crippen LogP contribution in [0, 0.1) is 5.92 Å². The molecule has 0 aliphatic carbocycles. The molecule has 0 saturated carbocycles. The molecule has 106 valence electrons. The molecule has 0 aromatic rings. The Labute approximate surface area is 111 Å². The second-order valence-corrected chi connectivity index (χ2v) is 5.59. The van der Waals surface area contributed by atoms with Gasteiger partial charge in [0.05, 0.1) is 19.3 Å². The monoisotopic (exact) mass is 256 g/mol. The maximum atomic E-state index is 5.89. The lowest BCUT2D eigenvalue weighted by molar-refractivity contribution is -0.00478. The van der Waals surface area contributed by atoms with Crippen molar-refractivity contribution in [3.05, 3.63) is 0 Å². The number of ether oxygens (including phenoxy) is 2. The number of hydrogen-bond donors (Lipinski definition) is 1. The van der Waals surface area contributed by atoms with Crippen molar-refractivity contribution in [3.8, 4) is 0 Å². The lowest BCUT2D eigenvalue weighted by Gasteiger charge is -2.34. The van der Waals surface area contributed by atoms with Crippen LogP contribution in [0.3, 0.4) is 0 Å². The van der Waals surface area contributed by atoms with Crippen molar-refractivity contribution in [3.63, 3.8) is 0 Å². The van der Waals surface area contributed by atoms with Crippen molar-refractivity contribution in [1.29, 1.82) is 0 Å². The summed E-state index contributed by atoms with van der Waals surface area (Å²) < 4.78 is 11.5. The van der Waals surface area contributed by atoms with Crippen LogP contribution in [0.25, 0.3) is 0 Å². The summed E-state index contributed by atoms with van der Waals surface area (Å²) in [7, 11) is 2.04. The van der Waals surface area contributed by atoms with Gasteiger partial charge in [-0.2, -0.15) is 0 Å². The zero-order chi connectivity index (χ0) is 12.8. The second kappa shape index (κ2) is 7.43. The topological polar surface area (TPSA) is 33.7 Å². The van der Waals surface area contributed by atoms with Crippen LogP contribution in [0.4, 0.5) is 0 Å². The average Bonchev–Trinajstić information content (AvgIpc) is 2.84. The van der Waals surface area contributed by atoms with Crippen molar-refractivity contribution in [1.82, 2.24) is 10.2 Å². The summed E-state index contributed by atoms with van der Waals surface area (Å²) in [6.07, 6.45) is 4.07. The van der Waals surface area contributed by atoms with Crippen LogP contribution in [0.5, 0.6) is 0 Å². The largest absolute Gasteiger partial charge is 0.379 e. The summed E-state index contributed by atoms with van der Waals surface area (Å²) in [6, 6.07) is 0.530. The molecule has 2 aliphatic heterocycles. The Morgan fingerprint density at radius 2 is 2.28 bits per heavy atom. The first kappa shape index (κ1) is 14.3. The third-order valence-corrected chi connectivity index (χ3v) is 4.08. The van der Waals surface area contributed by atoms with E-state index in [-0.39, 0.29) is 0 Å². The first-order valence-electron chi connectivity index (χ1n) is 7.42. The minimum atomic E-state index is 0.453. The second-order valence-electron chi connectivity index (χ2n) is 5.59. The van der Waals surface area contributed by atoms with Gasteiger partial charge in [-0.1, -0.05) is 6.92 Å². The standard InChI is InChI=1S/C14H28N2O2/c1-3-7-18-13-5-4-6-16(9-13)8-12-10-17-11-14(12)15-2/h12-15H,3-11H2,1-2H3. The molecule has 0 spiro atoms. The molecule has 2 rings (SSSR count). The van der Waals surface area contributed by atoms with Gasteiger partial charge in [-0.15, -0.1) is 0 Å².